The molecule has 1 aliphatic heterocycles. The fourth-order valence-electron chi connectivity index (χ4n) is 2.49. The van der Waals surface area contributed by atoms with Crippen LogP contribution >= 0.6 is 15.9 Å². The molecule has 1 fully saturated rings. The summed E-state index contributed by atoms with van der Waals surface area (Å²) >= 11 is 3.53. The van der Waals surface area contributed by atoms with Crippen molar-refractivity contribution in [1.29, 1.82) is 0 Å². The van der Waals surface area contributed by atoms with E-state index in [4.69, 9.17) is 0 Å². The van der Waals surface area contributed by atoms with Crippen LogP contribution in [0.2, 0.25) is 0 Å². The van der Waals surface area contributed by atoms with Crippen LogP contribution in [0.4, 0.5) is 0 Å². The molecule has 1 aliphatic rings. The zero-order valence-electron chi connectivity index (χ0n) is 9.77. The molecule has 0 radical (unpaired) electrons. The van der Waals surface area contributed by atoms with Gasteiger partial charge in [-0.1, -0.05) is 12.5 Å². The summed E-state index contributed by atoms with van der Waals surface area (Å²) in [5.74, 6) is 1.13. The minimum absolute atomic E-state index is 0.949. The summed E-state index contributed by atoms with van der Waals surface area (Å²) in [6.45, 7) is 3.37. The molecule has 0 atom stereocenters. The summed E-state index contributed by atoms with van der Waals surface area (Å²) in [7, 11) is 0. The SMILES string of the molecule is Brc1nc(CN2CCCCC2)n2ccccc12. The number of halogens is 1. The van der Waals surface area contributed by atoms with Gasteiger partial charge in [0.25, 0.3) is 0 Å². The molecule has 0 aliphatic carbocycles. The molecular weight excluding hydrogens is 278 g/mol. The standard InChI is InChI=1S/C13H16BrN3/c14-13-11-6-2-5-9-17(11)12(15-13)10-16-7-3-1-4-8-16/h2,5-6,9H,1,3-4,7-8,10H2. The number of imidazole rings is 1. The largest absolute Gasteiger partial charge is 0.301 e. The monoisotopic (exact) mass is 293 g/mol. The third-order valence-electron chi connectivity index (χ3n) is 3.39. The Morgan fingerprint density at radius 2 is 2.00 bits per heavy atom. The van der Waals surface area contributed by atoms with E-state index in [1.807, 2.05) is 6.07 Å². The minimum Gasteiger partial charge on any atom is -0.301 e. The second-order valence-corrected chi connectivity index (χ2v) is 5.36. The number of likely N-dealkylation sites (tertiary alicyclic amines) is 1. The van der Waals surface area contributed by atoms with Crippen molar-refractivity contribution < 1.29 is 0 Å². The normalized spacial score (nSPS) is 17.7. The zero-order valence-corrected chi connectivity index (χ0v) is 11.4. The van der Waals surface area contributed by atoms with Crippen molar-refractivity contribution in [2.24, 2.45) is 0 Å². The summed E-state index contributed by atoms with van der Waals surface area (Å²) in [4.78, 5) is 7.12. The number of hydrogen-bond donors (Lipinski definition) is 0. The second kappa shape index (κ2) is 4.78. The van der Waals surface area contributed by atoms with Crippen LogP contribution in [0.15, 0.2) is 29.0 Å². The summed E-state index contributed by atoms with van der Waals surface area (Å²) in [6, 6.07) is 6.20. The molecule has 0 bridgehead atoms. The lowest BCUT2D eigenvalue weighted by molar-refractivity contribution is 0.215. The maximum atomic E-state index is 4.62. The molecule has 0 aromatic carbocycles. The molecule has 90 valence electrons. The van der Waals surface area contributed by atoms with Crippen LogP contribution in [0, 0.1) is 0 Å². The Hall–Kier alpha value is -0.870. The third kappa shape index (κ3) is 2.24. The van der Waals surface area contributed by atoms with Gasteiger partial charge in [0.05, 0.1) is 12.1 Å². The Balaban J connectivity index is 1.89. The highest BCUT2D eigenvalue weighted by Crippen LogP contribution is 2.20. The van der Waals surface area contributed by atoms with Gasteiger partial charge in [0.15, 0.2) is 0 Å². The lowest BCUT2D eigenvalue weighted by Gasteiger charge is -2.25. The van der Waals surface area contributed by atoms with Crippen LogP contribution in [-0.4, -0.2) is 27.4 Å². The predicted octanol–water partition coefficient (Wildman–Crippen LogP) is 3.08. The van der Waals surface area contributed by atoms with Crippen molar-refractivity contribution in [3.63, 3.8) is 0 Å². The van der Waals surface area contributed by atoms with Gasteiger partial charge in [-0.15, -0.1) is 0 Å². The molecule has 4 heteroatoms. The molecule has 2 aromatic heterocycles. The lowest BCUT2D eigenvalue weighted by atomic mass is 10.1. The molecule has 2 aromatic rings. The molecule has 0 unspecified atom stereocenters. The molecule has 1 saturated heterocycles. The van der Waals surface area contributed by atoms with E-state index in [0.717, 1.165) is 22.5 Å². The number of aromatic nitrogens is 2. The van der Waals surface area contributed by atoms with Gasteiger partial charge in [-0.3, -0.25) is 4.90 Å². The first-order valence-corrected chi connectivity index (χ1v) is 6.98. The highest BCUT2D eigenvalue weighted by atomic mass is 79.9. The van der Waals surface area contributed by atoms with Crippen LogP contribution in [0.5, 0.6) is 0 Å². The summed E-state index contributed by atoms with van der Waals surface area (Å²) in [6.07, 6.45) is 6.11. The molecule has 3 rings (SSSR count). The summed E-state index contributed by atoms with van der Waals surface area (Å²) in [5.41, 5.74) is 1.15. The van der Waals surface area contributed by atoms with Gasteiger partial charge in [0.2, 0.25) is 0 Å². The van der Waals surface area contributed by atoms with E-state index in [2.05, 4.69) is 48.5 Å². The van der Waals surface area contributed by atoms with Gasteiger partial charge >= 0.3 is 0 Å². The van der Waals surface area contributed by atoms with Crippen molar-refractivity contribution >= 4 is 21.4 Å². The quantitative estimate of drug-likeness (QED) is 0.848. The Kier molecular flexibility index (Phi) is 3.16. The zero-order chi connectivity index (χ0) is 11.7. The average molecular weight is 294 g/mol. The Morgan fingerprint density at radius 1 is 1.18 bits per heavy atom. The van der Waals surface area contributed by atoms with E-state index in [9.17, 15) is 0 Å². The molecule has 17 heavy (non-hydrogen) atoms. The summed E-state index contributed by atoms with van der Waals surface area (Å²) < 4.78 is 3.13. The fourth-order valence-corrected chi connectivity index (χ4v) is 3.02. The maximum Gasteiger partial charge on any atom is 0.132 e. The first-order valence-electron chi connectivity index (χ1n) is 6.18. The van der Waals surface area contributed by atoms with E-state index in [1.54, 1.807) is 0 Å². The van der Waals surface area contributed by atoms with Gasteiger partial charge in [0, 0.05) is 6.20 Å². The maximum absolute atomic E-state index is 4.62. The molecule has 3 heterocycles. The fraction of sp³-hybridized carbons (Fsp3) is 0.462. The molecule has 0 spiro atoms. The van der Waals surface area contributed by atoms with E-state index in [0.29, 0.717) is 0 Å². The number of piperidine rings is 1. The molecule has 0 amide bonds. The molecular formula is C13H16BrN3. The predicted molar refractivity (Wildman–Crippen MR) is 72.0 cm³/mol. The number of fused-ring (bicyclic) bond motifs is 1. The molecule has 0 N–H and O–H groups in total. The highest BCUT2D eigenvalue weighted by molar-refractivity contribution is 9.10. The van der Waals surface area contributed by atoms with Crippen LogP contribution in [0.1, 0.15) is 25.1 Å². The minimum atomic E-state index is 0.949. The van der Waals surface area contributed by atoms with Crippen molar-refractivity contribution in [2.75, 3.05) is 13.1 Å². The number of hydrogen-bond acceptors (Lipinski definition) is 2. The van der Waals surface area contributed by atoms with Crippen molar-refractivity contribution in [3.05, 3.63) is 34.8 Å². The average Bonchev–Trinajstić information content (AvgIpc) is 2.69. The van der Waals surface area contributed by atoms with E-state index in [1.165, 1.54) is 32.4 Å². The van der Waals surface area contributed by atoms with Crippen molar-refractivity contribution in [1.82, 2.24) is 14.3 Å². The van der Waals surface area contributed by atoms with Crippen molar-refractivity contribution in [2.45, 2.75) is 25.8 Å². The highest BCUT2D eigenvalue weighted by Gasteiger charge is 2.14. The molecule has 0 saturated carbocycles. The Labute approximate surface area is 110 Å². The Bertz CT molecular complexity index is 514. The van der Waals surface area contributed by atoms with Gasteiger partial charge in [0.1, 0.15) is 10.4 Å². The Morgan fingerprint density at radius 3 is 2.82 bits per heavy atom. The van der Waals surface area contributed by atoms with Crippen LogP contribution in [0.3, 0.4) is 0 Å². The molecule has 3 nitrogen and oxygen atoms in total. The van der Waals surface area contributed by atoms with Crippen LogP contribution < -0.4 is 0 Å². The van der Waals surface area contributed by atoms with E-state index < -0.39 is 0 Å². The first-order chi connectivity index (χ1) is 8.34. The lowest BCUT2D eigenvalue weighted by Crippen LogP contribution is -2.29. The third-order valence-corrected chi connectivity index (χ3v) is 3.97. The smallest absolute Gasteiger partial charge is 0.132 e. The topological polar surface area (TPSA) is 20.5 Å². The second-order valence-electron chi connectivity index (χ2n) is 4.61. The van der Waals surface area contributed by atoms with Gasteiger partial charge < -0.3 is 4.40 Å². The van der Waals surface area contributed by atoms with Gasteiger partial charge in [-0.2, -0.15) is 0 Å². The van der Waals surface area contributed by atoms with E-state index in [-0.39, 0.29) is 0 Å². The van der Waals surface area contributed by atoms with Crippen molar-refractivity contribution in [3.8, 4) is 0 Å². The van der Waals surface area contributed by atoms with E-state index >= 15 is 0 Å². The summed E-state index contributed by atoms with van der Waals surface area (Å²) in [5, 5.41) is 0. The number of nitrogens with zero attached hydrogens (tertiary/aromatic N) is 3. The number of rotatable bonds is 2. The van der Waals surface area contributed by atoms with Crippen LogP contribution in [-0.2, 0) is 6.54 Å². The first kappa shape index (κ1) is 11.2. The van der Waals surface area contributed by atoms with Gasteiger partial charge in [-0.25, -0.2) is 4.98 Å². The van der Waals surface area contributed by atoms with Gasteiger partial charge in [-0.05, 0) is 54.0 Å². The number of pyridine rings is 1. The van der Waals surface area contributed by atoms with Crippen LogP contribution in [0.25, 0.3) is 5.52 Å².